The van der Waals surface area contributed by atoms with Gasteiger partial charge in [-0.2, -0.15) is 5.10 Å². The lowest BCUT2D eigenvalue weighted by atomic mass is 10.2. The SMILES string of the molecule is COc1cc(C=NN2CC[NH+](Cc3ccc(Cl)cc3)CC2)cc(OC)c1OC(C)=O. The molecule has 0 aromatic heterocycles. The number of benzene rings is 2. The van der Waals surface area contributed by atoms with Crippen LogP contribution in [0.3, 0.4) is 0 Å². The highest BCUT2D eigenvalue weighted by molar-refractivity contribution is 6.30. The molecule has 0 radical (unpaired) electrons. The summed E-state index contributed by atoms with van der Waals surface area (Å²) in [4.78, 5) is 12.9. The number of carbonyl (C=O) groups is 1. The third kappa shape index (κ3) is 5.87. The van der Waals surface area contributed by atoms with Crippen LogP contribution >= 0.6 is 11.6 Å². The molecule has 2 aromatic carbocycles. The Morgan fingerprint density at radius 1 is 1.13 bits per heavy atom. The molecule has 0 amide bonds. The molecule has 1 N–H and O–H groups in total. The smallest absolute Gasteiger partial charge is 0.308 e. The minimum absolute atomic E-state index is 0.268. The van der Waals surface area contributed by atoms with Gasteiger partial charge in [-0.3, -0.25) is 9.80 Å². The van der Waals surface area contributed by atoms with Crippen molar-refractivity contribution in [3.8, 4) is 17.2 Å². The predicted molar refractivity (Wildman–Crippen MR) is 116 cm³/mol. The minimum atomic E-state index is -0.438. The van der Waals surface area contributed by atoms with Crippen molar-refractivity contribution in [2.75, 3.05) is 40.4 Å². The fraction of sp³-hybridized carbons (Fsp3) is 0.364. The highest BCUT2D eigenvalue weighted by Crippen LogP contribution is 2.38. The van der Waals surface area contributed by atoms with Gasteiger partial charge in [0.15, 0.2) is 11.5 Å². The van der Waals surface area contributed by atoms with Crippen LogP contribution in [0.5, 0.6) is 17.2 Å². The second kappa shape index (κ2) is 10.3. The van der Waals surface area contributed by atoms with Crippen molar-refractivity contribution < 1.29 is 23.9 Å². The average Bonchev–Trinajstić information content (AvgIpc) is 2.75. The molecule has 160 valence electrons. The topological polar surface area (TPSA) is 64.8 Å². The maximum Gasteiger partial charge on any atom is 0.308 e. The highest BCUT2D eigenvalue weighted by atomic mass is 35.5. The van der Waals surface area contributed by atoms with E-state index < -0.39 is 5.97 Å². The highest BCUT2D eigenvalue weighted by Gasteiger charge is 2.19. The zero-order chi connectivity index (χ0) is 21.5. The van der Waals surface area contributed by atoms with Gasteiger partial charge in [-0.05, 0) is 24.3 Å². The molecule has 1 heterocycles. The van der Waals surface area contributed by atoms with Crippen LogP contribution in [0.15, 0.2) is 41.5 Å². The number of halogens is 1. The third-order valence-corrected chi connectivity index (χ3v) is 5.17. The maximum atomic E-state index is 11.3. The Balaban J connectivity index is 1.61. The van der Waals surface area contributed by atoms with Crippen molar-refractivity contribution in [3.05, 3.63) is 52.5 Å². The van der Waals surface area contributed by atoms with Gasteiger partial charge in [0.2, 0.25) is 5.75 Å². The number of hydrogen-bond donors (Lipinski definition) is 1. The molecule has 0 unspecified atom stereocenters. The monoisotopic (exact) mass is 432 g/mol. The molecule has 0 spiro atoms. The Hall–Kier alpha value is -2.77. The van der Waals surface area contributed by atoms with Crippen molar-refractivity contribution in [2.24, 2.45) is 5.10 Å². The third-order valence-electron chi connectivity index (χ3n) is 4.91. The van der Waals surface area contributed by atoms with E-state index in [0.717, 1.165) is 43.3 Å². The number of ether oxygens (including phenoxy) is 3. The van der Waals surface area contributed by atoms with Gasteiger partial charge < -0.3 is 19.1 Å². The number of carbonyl (C=O) groups excluding carboxylic acids is 1. The van der Waals surface area contributed by atoms with E-state index in [4.69, 9.17) is 25.8 Å². The normalized spacial score (nSPS) is 14.7. The number of methoxy groups -OCH3 is 2. The number of hydrazone groups is 1. The zero-order valence-corrected chi connectivity index (χ0v) is 18.2. The van der Waals surface area contributed by atoms with Gasteiger partial charge in [0, 0.05) is 23.1 Å². The Morgan fingerprint density at radius 3 is 2.27 bits per heavy atom. The first kappa shape index (κ1) is 21.9. The Morgan fingerprint density at radius 2 is 1.73 bits per heavy atom. The second-order valence-electron chi connectivity index (χ2n) is 7.10. The molecule has 0 bridgehead atoms. The van der Waals surface area contributed by atoms with Crippen LogP contribution in [-0.2, 0) is 11.3 Å². The first-order valence-electron chi connectivity index (χ1n) is 9.80. The van der Waals surface area contributed by atoms with E-state index in [9.17, 15) is 4.79 Å². The van der Waals surface area contributed by atoms with Crippen LogP contribution in [0.2, 0.25) is 5.02 Å². The van der Waals surface area contributed by atoms with Gasteiger partial charge in [0.05, 0.1) is 46.6 Å². The number of nitrogens with zero attached hydrogens (tertiary/aromatic N) is 2. The molecule has 8 heteroatoms. The zero-order valence-electron chi connectivity index (χ0n) is 17.5. The summed E-state index contributed by atoms with van der Waals surface area (Å²) in [6.07, 6.45) is 1.77. The van der Waals surface area contributed by atoms with Gasteiger partial charge in [-0.1, -0.05) is 23.7 Å². The standard InChI is InChI=1S/C22H26ClN3O4/c1-16(27)30-22-20(28-2)12-18(13-21(22)29-3)14-24-26-10-8-25(9-11-26)15-17-4-6-19(23)7-5-17/h4-7,12-14H,8-11,15H2,1-3H3/p+1. The van der Waals surface area contributed by atoms with Gasteiger partial charge in [0.25, 0.3) is 0 Å². The van der Waals surface area contributed by atoms with Gasteiger partial charge in [0.1, 0.15) is 6.54 Å². The molecular weight excluding hydrogens is 406 g/mol. The molecule has 0 saturated carbocycles. The minimum Gasteiger partial charge on any atom is -0.493 e. The lowest BCUT2D eigenvalue weighted by Gasteiger charge is -2.30. The van der Waals surface area contributed by atoms with E-state index in [1.165, 1.54) is 31.6 Å². The van der Waals surface area contributed by atoms with Crippen LogP contribution in [-0.4, -0.2) is 57.6 Å². The summed E-state index contributed by atoms with van der Waals surface area (Å²) in [5, 5.41) is 7.43. The van der Waals surface area contributed by atoms with Crippen LogP contribution in [0.25, 0.3) is 0 Å². The molecular formula is C22H27ClN3O4+. The van der Waals surface area contributed by atoms with E-state index in [-0.39, 0.29) is 5.75 Å². The average molecular weight is 433 g/mol. The molecule has 3 rings (SSSR count). The Bertz CT molecular complexity index is 869. The van der Waals surface area contributed by atoms with Crippen LogP contribution in [0.1, 0.15) is 18.1 Å². The number of piperazine rings is 1. The van der Waals surface area contributed by atoms with Crippen LogP contribution in [0.4, 0.5) is 0 Å². The lowest BCUT2D eigenvalue weighted by Crippen LogP contribution is -3.13. The van der Waals surface area contributed by atoms with Crippen molar-refractivity contribution >= 4 is 23.8 Å². The summed E-state index contributed by atoms with van der Waals surface area (Å²) >= 11 is 5.96. The molecule has 2 aromatic rings. The molecule has 0 aliphatic carbocycles. The molecule has 1 aliphatic rings. The summed E-state index contributed by atoms with van der Waals surface area (Å²) in [6.45, 7) is 6.10. The van der Waals surface area contributed by atoms with Crippen molar-refractivity contribution in [2.45, 2.75) is 13.5 Å². The van der Waals surface area contributed by atoms with Gasteiger partial charge in [-0.25, -0.2) is 0 Å². The van der Waals surface area contributed by atoms with E-state index >= 15 is 0 Å². The number of hydrogen-bond acceptors (Lipinski definition) is 6. The summed E-state index contributed by atoms with van der Waals surface area (Å²) in [5.74, 6) is 0.669. The molecule has 1 aliphatic heterocycles. The fourth-order valence-electron chi connectivity index (χ4n) is 3.36. The largest absolute Gasteiger partial charge is 0.493 e. The van der Waals surface area contributed by atoms with E-state index in [1.807, 2.05) is 12.1 Å². The van der Waals surface area contributed by atoms with Crippen LogP contribution < -0.4 is 19.1 Å². The van der Waals surface area contributed by atoms with Crippen molar-refractivity contribution in [1.29, 1.82) is 0 Å². The number of rotatable bonds is 7. The Labute approximate surface area is 181 Å². The molecule has 1 fully saturated rings. The van der Waals surface area contributed by atoms with Gasteiger partial charge >= 0.3 is 5.97 Å². The number of nitrogens with one attached hydrogen (secondary N) is 1. The quantitative estimate of drug-likeness (QED) is 0.412. The first-order valence-corrected chi connectivity index (χ1v) is 10.2. The first-order chi connectivity index (χ1) is 14.5. The Kier molecular flexibility index (Phi) is 7.54. The summed E-state index contributed by atoms with van der Waals surface area (Å²) in [5.41, 5.74) is 2.09. The lowest BCUT2D eigenvalue weighted by molar-refractivity contribution is -0.918. The van der Waals surface area contributed by atoms with E-state index in [1.54, 1.807) is 18.3 Å². The maximum absolute atomic E-state index is 11.3. The molecule has 1 saturated heterocycles. The fourth-order valence-corrected chi connectivity index (χ4v) is 3.49. The molecule has 0 atom stereocenters. The molecule has 30 heavy (non-hydrogen) atoms. The summed E-state index contributed by atoms with van der Waals surface area (Å²) in [6, 6.07) is 11.6. The van der Waals surface area contributed by atoms with E-state index in [0.29, 0.717) is 11.5 Å². The number of esters is 1. The van der Waals surface area contributed by atoms with E-state index in [2.05, 4.69) is 22.2 Å². The van der Waals surface area contributed by atoms with Crippen molar-refractivity contribution in [3.63, 3.8) is 0 Å². The van der Waals surface area contributed by atoms with Crippen LogP contribution in [0, 0.1) is 0 Å². The van der Waals surface area contributed by atoms with Gasteiger partial charge in [-0.15, -0.1) is 0 Å². The van der Waals surface area contributed by atoms with Crippen molar-refractivity contribution in [1.82, 2.24) is 5.01 Å². The predicted octanol–water partition coefficient (Wildman–Crippen LogP) is 2.02. The number of quaternary nitrogens is 1. The summed E-state index contributed by atoms with van der Waals surface area (Å²) in [7, 11) is 3.04. The summed E-state index contributed by atoms with van der Waals surface area (Å²) < 4.78 is 15.9. The second-order valence-corrected chi connectivity index (χ2v) is 7.54. The molecule has 7 nitrogen and oxygen atoms in total.